The molecule has 154 valence electrons. The van der Waals surface area contributed by atoms with Crippen LogP contribution >= 0.6 is 0 Å². The normalized spacial score (nSPS) is 12.9. The molecule has 1 atom stereocenters. The highest BCUT2D eigenvalue weighted by molar-refractivity contribution is 6.12. The van der Waals surface area contributed by atoms with Crippen LogP contribution < -0.4 is 9.64 Å². The van der Waals surface area contributed by atoms with Crippen molar-refractivity contribution < 1.29 is 29.3 Å². The van der Waals surface area contributed by atoms with Crippen LogP contribution in [0.1, 0.15) is 52.0 Å². The van der Waals surface area contributed by atoms with Gasteiger partial charge in [-0.25, -0.2) is 9.59 Å². The number of rotatable bonds is 6. The molecule has 1 aromatic heterocycles. The van der Waals surface area contributed by atoms with E-state index in [1.54, 1.807) is 59.7 Å². The number of aliphatic hydroxyl groups is 1. The predicted molar refractivity (Wildman–Crippen MR) is 106 cm³/mol. The SMILES string of the molecule is CC(O)COc1cccc2[nH]c(C(=O)O)c(N(C(=O)OC(C)(C)C)C(C)C)c12. The average Bonchev–Trinajstić information content (AvgIpc) is 2.91. The molecule has 0 radical (unpaired) electrons. The molecule has 3 N–H and O–H groups in total. The van der Waals surface area contributed by atoms with Gasteiger partial charge in [0.25, 0.3) is 0 Å². The highest BCUT2D eigenvalue weighted by atomic mass is 16.6. The number of fused-ring (bicyclic) bond motifs is 1. The molecule has 0 fully saturated rings. The molecule has 0 bridgehead atoms. The van der Waals surface area contributed by atoms with Crippen molar-refractivity contribution in [2.75, 3.05) is 11.5 Å². The third-order valence-corrected chi connectivity index (χ3v) is 3.80. The van der Waals surface area contributed by atoms with E-state index in [4.69, 9.17) is 9.47 Å². The number of anilines is 1. The molecule has 8 nitrogen and oxygen atoms in total. The van der Waals surface area contributed by atoms with E-state index in [0.29, 0.717) is 16.7 Å². The number of benzene rings is 1. The number of carboxylic acid groups (broad SMARTS) is 1. The fourth-order valence-electron chi connectivity index (χ4n) is 2.80. The standard InChI is InChI=1S/C20H28N2O6/c1-11(2)22(19(26)28-20(4,5)6)17-15-13(21-16(17)18(24)25)8-7-9-14(15)27-10-12(3)23/h7-9,11-12,21,23H,10H2,1-6H3,(H,24,25). The highest BCUT2D eigenvalue weighted by Crippen LogP contribution is 2.39. The number of ether oxygens (including phenoxy) is 2. The van der Waals surface area contributed by atoms with Crippen LogP contribution in [0.2, 0.25) is 0 Å². The Balaban J connectivity index is 2.71. The summed E-state index contributed by atoms with van der Waals surface area (Å²) >= 11 is 0. The van der Waals surface area contributed by atoms with Crippen LogP contribution in [0.5, 0.6) is 5.75 Å². The van der Waals surface area contributed by atoms with E-state index in [-0.39, 0.29) is 24.0 Å². The first-order valence-corrected chi connectivity index (χ1v) is 9.13. The third kappa shape index (κ3) is 4.75. The Kier molecular flexibility index (Phi) is 6.23. The summed E-state index contributed by atoms with van der Waals surface area (Å²) in [5.41, 5.74) is -0.203. The molecule has 0 aliphatic heterocycles. The number of aromatic nitrogens is 1. The van der Waals surface area contributed by atoms with Crippen molar-refractivity contribution in [3.63, 3.8) is 0 Å². The summed E-state index contributed by atoms with van der Waals surface area (Å²) in [6.45, 7) is 10.4. The van der Waals surface area contributed by atoms with Gasteiger partial charge >= 0.3 is 12.1 Å². The summed E-state index contributed by atoms with van der Waals surface area (Å²) in [7, 11) is 0. The Morgan fingerprint density at radius 1 is 1.21 bits per heavy atom. The quantitative estimate of drug-likeness (QED) is 0.690. The Morgan fingerprint density at radius 3 is 2.36 bits per heavy atom. The van der Waals surface area contributed by atoms with Gasteiger partial charge in [-0.1, -0.05) is 6.07 Å². The first-order chi connectivity index (χ1) is 12.9. The van der Waals surface area contributed by atoms with Gasteiger partial charge in [-0.2, -0.15) is 0 Å². The van der Waals surface area contributed by atoms with E-state index in [1.807, 2.05) is 0 Å². The van der Waals surface area contributed by atoms with Crippen LogP contribution in [0.15, 0.2) is 18.2 Å². The fraction of sp³-hybridized carbons (Fsp3) is 0.500. The van der Waals surface area contributed by atoms with Crippen LogP contribution in [0.25, 0.3) is 10.9 Å². The lowest BCUT2D eigenvalue weighted by molar-refractivity contribution is 0.0570. The number of hydrogen-bond acceptors (Lipinski definition) is 5. The van der Waals surface area contributed by atoms with E-state index < -0.39 is 23.8 Å². The lowest BCUT2D eigenvalue weighted by Crippen LogP contribution is -2.41. The molecule has 0 aliphatic carbocycles. The number of carboxylic acids is 1. The Bertz CT molecular complexity index is 863. The van der Waals surface area contributed by atoms with Crippen LogP contribution in [-0.2, 0) is 4.74 Å². The Morgan fingerprint density at radius 2 is 1.86 bits per heavy atom. The largest absolute Gasteiger partial charge is 0.490 e. The zero-order valence-electron chi connectivity index (χ0n) is 17.1. The van der Waals surface area contributed by atoms with E-state index in [2.05, 4.69) is 4.98 Å². The van der Waals surface area contributed by atoms with Gasteiger partial charge in [0.1, 0.15) is 23.7 Å². The smallest absolute Gasteiger partial charge is 0.415 e. The molecular formula is C20H28N2O6. The number of aromatic amines is 1. The van der Waals surface area contributed by atoms with Crippen molar-refractivity contribution in [1.82, 2.24) is 4.98 Å². The molecule has 0 saturated heterocycles. The highest BCUT2D eigenvalue weighted by Gasteiger charge is 2.33. The number of carbonyl (C=O) groups excluding carboxylic acids is 1. The van der Waals surface area contributed by atoms with E-state index in [9.17, 15) is 19.8 Å². The van der Waals surface area contributed by atoms with Gasteiger partial charge in [0.15, 0.2) is 0 Å². The summed E-state index contributed by atoms with van der Waals surface area (Å²) in [5.74, 6) is -0.840. The number of amides is 1. The number of aromatic carboxylic acids is 1. The van der Waals surface area contributed by atoms with Gasteiger partial charge in [-0.15, -0.1) is 0 Å². The summed E-state index contributed by atoms with van der Waals surface area (Å²) in [6, 6.07) is 4.70. The minimum atomic E-state index is -1.21. The van der Waals surface area contributed by atoms with Crippen molar-refractivity contribution in [2.45, 2.75) is 59.3 Å². The molecule has 1 unspecified atom stereocenters. The van der Waals surface area contributed by atoms with Gasteiger partial charge in [0.2, 0.25) is 0 Å². The predicted octanol–water partition coefficient (Wildman–Crippen LogP) is 3.78. The topological polar surface area (TPSA) is 112 Å². The number of nitrogens with zero attached hydrogens (tertiary/aromatic N) is 1. The second-order valence-corrected chi connectivity index (χ2v) is 7.94. The lowest BCUT2D eigenvalue weighted by atomic mass is 10.1. The molecule has 1 heterocycles. The molecule has 2 rings (SSSR count). The summed E-state index contributed by atoms with van der Waals surface area (Å²) < 4.78 is 11.2. The molecule has 1 aromatic carbocycles. The van der Waals surface area contributed by atoms with Crippen molar-refractivity contribution >= 4 is 28.7 Å². The van der Waals surface area contributed by atoms with Crippen molar-refractivity contribution in [1.29, 1.82) is 0 Å². The zero-order valence-corrected chi connectivity index (χ0v) is 17.1. The molecule has 0 aliphatic rings. The molecule has 2 aromatic rings. The number of nitrogens with one attached hydrogen (secondary N) is 1. The molecule has 1 amide bonds. The number of H-pyrrole nitrogens is 1. The minimum Gasteiger partial charge on any atom is -0.490 e. The summed E-state index contributed by atoms with van der Waals surface area (Å²) in [4.78, 5) is 29.0. The number of carbonyl (C=O) groups is 2. The van der Waals surface area contributed by atoms with E-state index in [0.717, 1.165) is 0 Å². The van der Waals surface area contributed by atoms with Crippen LogP contribution in [-0.4, -0.2) is 51.6 Å². The zero-order chi connectivity index (χ0) is 21.2. The van der Waals surface area contributed by atoms with E-state index in [1.165, 1.54) is 4.90 Å². The maximum atomic E-state index is 12.9. The van der Waals surface area contributed by atoms with Crippen LogP contribution in [0.3, 0.4) is 0 Å². The van der Waals surface area contributed by atoms with Crippen molar-refractivity contribution in [2.24, 2.45) is 0 Å². The third-order valence-electron chi connectivity index (χ3n) is 3.80. The summed E-state index contributed by atoms with van der Waals surface area (Å²) in [5, 5.41) is 19.7. The number of aliphatic hydroxyl groups excluding tert-OH is 1. The van der Waals surface area contributed by atoms with Gasteiger partial charge in [0, 0.05) is 6.04 Å². The first kappa shape index (κ1) is 21.6. The molecule has 0 saturated carbocycles. The molecular weight excluding hydrogens is 364 g/mol. The second kappa shape index (κ2) is 8.10. The fourth-order valence-corrected chi connectivity index (χ4v) is 2.80. The Labute approximate surface area is 164 Å². The van der Waals surface area contributed by atoms with Gasteiger partial charge in [0.05, 0.1) is 22.7 Å². The van der Waals surface area contributed by atoms with Crippen LogP contribution in [0, 0.1) is 0 Å². The maximum absolute atomic E-state index is 12.9. The Hall–Kier alpha value is -2.74. The average molecular weight is 392 g/mol. The molecule has 8 heteroatoms. The lowest BCUT2D eigenvalue weighted by Gasteiger charge is -2.30. The number of hydrogen-bond donors (Lipinski definition) is 3. The van der Waals surface area contributed by atoms with Gasteiger partial charge in [-0.3, -0.25) is 4.90 Å². The van der Waals surface area contributed by atoms with E-state index >= 15 is 0 Å². The molecule has 0 spiro atoms. The second-order valence-electron chi connectivity index (χ2n) is 7.94. The maximum Gasteiger partial charge on any atom is 0.415 e. The summed E-state index contributed by atoms with van der Waals surface area (Å²) in [6.07, 6.45) is -1.36. The first-order valence-electron chi connectivity index (χ1n) is 9.13. The van der Waals surface area contributed by atoms with Gasteiger partial charge in [-0.05, 0) is 53.7 Å². The van der Waals surface area contributed by atoms with Crippen molar-refractivity contribution in [3.05, 3.63) is 23.9 Å². The minimum absolute atomic E-state index is 0.0280. The van der Waals surface area contributed by atoms with Crippen LogP contribution in [0.4, 0.5) is 10.5 Å². The van der Waals surface area contributed by atoms with Gasteiger partial charge < -0.3 is 24.7 Å². The monoisotopic (exact) mass is 392 g/mol. The van der Waals surface area contributed by atoms with Crippen molar-refractivity contribution in [3.8, 4) is 5.75 Å². The molecule has 28 heavy (non-hydrogen) atoms.